The number of hydrogen-bond donors (Lipinski definition) is 3. The maximum Gasteiger partial charge on any atom is 0.226 e. The lowest BCUT2D eigenvalue weighted by Crippen LogP contribution is -2.30. The number of aromatic amines is 1. The number of aromatic nitrogens is 1. The molecule has 0 radical (unpaired) electrons. The van der Waals surface area contributed by atoms with Crippen LogP contribution in [0.3, 0.4) is 0 Å². The van der Waals surface area contributed by atoms with Crippen molar-refractivity contribution in [1.82, 2.24) is 10.3 Å². The van der Waals surface area contributed by atoms with Gasteiger partial charge in [-0.1, -0.05) is 6.92 Å². The Balaban J connectivity index is 1.81. The maximum atomic E-state index is 11.9. The molecule has 19 heavy (non-hydrogen) atoms. The van der Waals surface area contributed by atoms with Gasteiger partial charge in [-0.25, -0.2) is 0 Å². The Hall–Kier alpha value is -1.97. The van der Waals surface area contributed by atoms with Crippen molar-refractivity contribution in [2.45, 2.75) is 33.2 Å². The van der Waals surface area contributed by atoms with Gasteiger partial charge in [0.15, 0.2) is 0 Å². The fraction of sp³-hybridized carbons (Fsp3) is 0.400. The van der Waals surface area contributed by atoms with Crippen LogP contribution in [0.4, 0.5) is 0 Å². The van der Waals surface area contributed by atoms with E-state index in [1.807, 2.05) is 19.9 Å². The molecule has 1 amide bonds. The predicted octanol–water partition coefficient (Wildman–Crippen LogP) is 2.60. The van der Waals surface area contributed by atoms with Crippen LogP contribution < -0.4 is 5.32 Å². The number of hydrogen-bond acceptors (Lipinski definition) is 2. The van der Waals surface area contributed by atoms with E-state index < -0.39 is 0 Å². The Kier molecular flexibility index (Phi) is 2.55. The number of phenols is 1. The monoisotopic (exact) mass is 258 g/mol. The van der Waals surface area contributed by atoms with Gasteiger partial charge in [0.1, 0.15) is 5.75 Å². The first-order valence-electron chi connectivity index (χ1n) is 6.58. The van der Waals surface area contributed by atoms with E-state index in [-0.39, 0.29) is 17.1 Å². The van der Waals surface area contributed by atoms with Crippen molar-refractivity contribution in [3.8, 4) is 5.75 Å². The van der Waals surface area contributed by atoms with Gasteiger partial charge in [0, 0.05) is 28.1 Å². The molecule has 1 fully saturated rings. The third-order valence-corrected chi connectivity index (χ3v) is 4.12. The summed E-state index contributed by atoms with van der Waals surface area (Å²) in [6.45, 7) is 4.53. The lowest BCUT2D eigenvalue weighted by atomic mass is 10.1. The molecule has 0 spiro atoms. The highest BCUT2D eigenvalue weighted by atomic mass is 16.3. The fourth-order valence-electron chi connectivity index (χ4n) is 2.35. The van der Waals surface area contributed by atoms with Crippen LogP contribution in [0.25, 0.3) is 10.9 Å². The van der Waals surface area contributed by atoms with Crippen LogP contribution in [-0.2, 0) is 11.3 Å². The summed E-state index contributed by atoms with van der Waals surface area (Å²) in [7, 11) is 0. The minimum atomic E-state index is -0.141. The summed E-state index contributed by atoms with van der Waals surface area (Å²) in [4.78, 5) is 15.2. The average molecular weight is 258 g/mol. The zero-order valence-corrected chi connectivity index (χ0v) is 11.2. The number of fused-ring (bicyclic) bond motifs is 1. The molecule has 0 atom stereocenters. The fourth-order valence-corrected chi connectivity index (χ4v) is 2.35. The first-order valence-corrected chi connectivity index (χ1v) is 6.58. The van der Waals surface area contributed by atoms with Gasteiger partial charge in [0.05, 0.1) is 6.54 Å². The van der Waals surface area contributed by atoms with Gasteiger partial charge in [0.25, 0.3) is 0 Å². The van der Waals surface area contributed by atoms with E-state index >= 15 is 0 Å². The molecule has 2 aromatic rings. The summed E-state index contributed by atoms with van der Waals surface area (Å²) < 4.78 is 0. The molecule has 100 valence electrons. The second-order valence-corrected chi connectivity index (χ2v) is 5.70. The number of nitrogens with one attached hydrogen (secondary N) is 2. The highest BCUT2D eigenvalue weighted by molar-refractivity contribution is 5.87. The van der Waals surface area contributed by atoms with E-state index in [0.29, 0.717) is 6.54 Å². The van der Waals surface area contributed by atoms with Crippen molar-refractivity contribution in [1.29, 1.82) is 0 Å². The molecule has 3 N–H and O–H groups in total. The zero-order valence-electron chi connectivity index (χ0n) is 11.2. The summed E-state index contributed by atoms with van der Waals surface area (Å²) >= 11 is 0. The van der Waals surface area contributed by atoms with E-state index in [0.717, 1.165) is 35.0 Å². The lowest BCUT2D eigenvalue weighted by Gasteiger charge is -2.09. The number of carbonyl (C=O) groups is 1. The van der Waals surface area contributed by atoms with Gasteiger partial charge in [-0.3, -0.25) is 4.79 Å². The molecular weight excluding hydrogens is 240 g/mol. The highest BCUT2D eigenvalue weighted by Crippen LogP contribution is 2.45. The summed E-state index contributed by atoms with van der Waals surface area (Å²) in [5.41, 5.74) is 2.88. The lowest BCUT2D eigenvalue weighted by molar-refractivity contribution is -0.125. The van der Waals surface area contributed by atoms with Crippen molar-refractivity contribution in [3.63, 3.8) is 0 Å². The SMILES string of the molecule is Cc1c(CNC(=O)C2(C)CC2)[nH]c2cc(O)ccc12. The predicted molar refractivity (Wildman–Crippen MR) is 73.9 cm³/mol. The smallest absolute Gasteiger partial charge is 0.226 e. The van der Waals surface area contributed by atoms with Crippen molar-refractivity contribution in [3.05, 3.63) is 29.5 Å². The quantitative estimate of drug-likeness (QED) is 0.792. The molecule has 4 heteroatoms. The van der Waals surface area contributed by atoms with Crippen LogP contribution in [0.5, 0.6) is 5.75 Å². The van der Waals surface area contributed by atoms with E-state index in [2.05, 4.69) is 10.3 Å². The van der Waals surface area contributed by atoms with E-state index in [4.69, 9.17) is 0 Å². The molecule has 1 aromatic carbocycles. The number of aromatic hydroxyl groups is 1. The van der Waals surface area contributed by atoms with Gasteiger partial charge in [0.2, 0.25) is 5.91 Å². The van der Waals surface area contributed by atoms with Crippen molar-refractivity contribution < 1.29 is 9.90 Å². The summed E-state index contributed by atoms with van der Waals surface area (Å²) in [5.74, 6) is 0.378. The molecular formula is C15H18N2O2. The first kappa shape index (κ1) is 12.1. The van der Waals surface area contributed by atoms with Crippen LogP contribution in [0.15, 0.2) is 18.2 Å². The molecule has 1 aliphatic rings. The maximum absolute atomic E-state index is 11.9. The first-order chi connectivity index (χ1) is 8.99. The molecule has 0 saturated heterocycles. The molecule has 1 aliphatic carbocycles. The summed E-state index contributed by atoms with van der Waals surface area (Å²) in [6.07, 6.45) is 1.97. The molecule has 4 nitrogen and oxygen atoms in total. The van der Waals surface area contributed by atoms with Gasteiger partial charge in [-0.15, -0.1) is 0 Å². The van der Waals surface area contributed by atoms with Crippen LogP contribution in [0.1, 0.15) is 31.0 Å². The van der Waals surface area contributed by atoms with Gasteiger partial charge in [-0.2, -0.15) is 0 Å². The van der Waals surface area contributed by atoms with Crippen LogP contribution in [0, 0.1) is 12.3 Å². The van der Waals surface area contributed by atoms with Crippen molar-refractivity contribution in [2.75, 3.05) is 0 Å². The molecule has 0 aliphatic heterocycles. The second kappa shape index (κ2) is 4.02. The largest absolute Gasteiger partial charge is 0.508 e. The normalized spacial score (nSPS) is 16.5. The molecule has 1 aromatic heterocycles. The highest BCUT2D eigenvalue weighted by Gasteiger charge is 2.44. The minimum Gasteiger partial charge on any atom is -0.508 e. The second-order valence-electron chi connectivity index (χ2n) is 5.70. The molecule has 0 bridgehead atoms. The summed E-state index contributed by atoms with van der Waals surface area (Å²) in [6, 6.07) is 5.27. The Morgan fingerprint density at radius 1 is 1.47 bits per heavy atom. The number of carbonyl (C=O) groups excluding carboxylic acids is 1. The number of H-pyrrole nitrogens is 1. The number of phenolic OH excluding ortho intramolecular Hbond substituents is 1. The van der Waals surface area contributed by atoms with Crippen molar-refractivity contribution in [2.24, 2.45) is 5.41 Å². The van der Waals surface area contributed by atoms with Gasteiger partial charge >= 0.3 is 0 Å². The Morgan fingerprint density at radius 2 is 2.21 bits per heavy atom. The van der Waals surface area contributed by atoms with Crippen LogP contribution >= 0.6 is 0 Å². The van der Waals surface area contributed by atoms with Crippen LogP contribution in [0.2, 0.25) is 0 Å². The van der Waals surface area contributed by atoms with Crippen molar-refractivity contribution >= 4 is 16.8 Å². The molecule has 3 rings (SSSR count). The molecule has 1 heterocycles. The Morgan fingerprint density at radius 3 is 2.89 bits per heavy atom. The average Bonchev–Trinajstić information content (AvgIpc) is 3.05. The zero-order chi connectivity index (χ0) is 13.6. The topological polar surface area (TPSA) is 65.1 Å². The summed E-state index contributed by atoms with van der Waals surface area (Å²) in [5, 5.41) is 13.5. The van der Waals surface area contributed by atoms with E-state index in [9.17, 15) is 9.90 Å². The number of amides is 1. The standard InChI is InChI=1S/C15H18N2O2/c1-9-11-4-3-10(18)7-12(11)17-13(9)8-16-14(19)15(2)5-6-15/h3-4,7,17-18H,5-6,8H2,1-2H3,(H,16,19). The van der Waals surface area contributed by atoms with Gasteiger partial charge in [-0.05, 0) is 37.5 Å². The third-order valence-electron chi connectivity index (χ3n) is 4.12. The number of benzene rings is 1. The molecule has 0 unspecified atom stereocenters. The molecule has 1 saturated carbocycles. The minimum absolute atomic E-state index is 0.133. The number of rotatable bonds is 3. The Bertz CT molecular complexity index is 653. The van der Waals surface area contributed by atoms with Crippen LogP contribution in [-0.4, -0.2) is 16.0 Å². The van der Waals surface area contributed by atoms with E-state index in [1.54, 1.807) is 12.1 Å². The van der Waals surface area contributed by atoms with Gasteiger partial charge < -0.3 is 15.4 Å². The van der Waals surface area contributed by atoms with E-state index in [1.165, 1.54) is 0 Å². The number of aryl methyl sites for hydroxylation is 1. The third kappa shape index (κ3) is 2.07. The Labute approximate surface area is 111 Å².